The Balaban J connectivity index is 1.54. The lowest BCUT2D eigenvalue weighted by molar-refractivity contribution is -0.385. The molecule has 2 aromatic carbocycles. The number of nitrogens with zero attached hydrogens (tertiary/aromatic N) is 4. The molecule has 0 N–H and O–H groups in total. The van der Waals surface area contributed by atoms with Gasteiger partial charge in [0.05, 0.1) is 22.7 Å². The van der Waals surface area contributed by atoms with Gasteiger partial charge in [0.15, 0.2) is 0 Å². The first kappa shape index (κ1) is 21.9. The summed E-state index contributed by atoms with van der Waals surface area (Å²) in [5, 5.41) is 21.5. The summed E-state index contributed by atoms with van der Waals surface area (Å²) in [5.74, 6) is -0.188. The zero-order valence-electron chi connectivity index (χ0n) is 17.0. The average molecular weight is 426 g/mol. The van der Waals surface area contributed by atoms with Crippen LogP contribution in [-0.4, -0.2) is 57.1 Å². The van der Waals surface area contributed by atoms with Crippen molar-refractivity contribution in [3.05, 3.63) is 79.9 Å². The molecule has 0 radical (unpaired) electrons. The normalized spacial score (nSPS) is 16.1. The van der Waals surface area contributed by atoms with Crippen LogP contribution in [0.5, 0.6) is 0 Å². The van der Waals surface area contributed by atoms with Crippen molar-refractivity contribution in [2.24, 2.45) is 0 Å². The van der Waals surface area contributed by atoms with Crippen LogP contribution < -0.4 is 0 Å². The van der Waals surface area contributed by atoms with Crippen molar-refractivity contribution in [2.75, 3.05) is 19.6 Å². The third kappa shape index (κ3) is 5.41. The molecule has 0 spiro atoms. The van der Waals surface area contributed by atoms with Gasteiger partial charge in [-0.25, -0.2) is 0 Å². The van der Waals surface area contributed by atoms with E-state index in [2.05, 4.69) is 0 Å². The lowest BCUT2D eigenvalue weighted by Gasteiger charge is -2.40. The predicted molar refractivity (Wildman–Crippen MR) is 111 cm³/mol. The molecule has 1 aliphatic rings. The topological polar surface area (TPSA) is 127 Å². The van der Waals surface area contributed by atoms with Crippen LogP contribution in [-0.2, 0) is 22.4 Å². The molecule has 162 valence electrons. The van der Waals surface area contributed by atoms with Crippen LogP contribution in [0.25, 0.3) is 0 Å². The molecule has 0 saturated carbocycles. The molecular formula is C21H22N4O6. The third-order valence-electron chi connectivity index (χ3n) is 5.31. The van der Waals surface area contributed by atoms with Crippen molar-refractivity contribution in [1.82, 2.24) is 9.80 Å². The van der Waals surface area contributed by atoms with Gasteiger partial charge in [0, 0.05) is 49.9 Å². The third-order valence-corrected chi connectivity index (χ3v) is 5.31. The summed E-state index contributed by atoms with van der Waals surface area (Å²) in [6.45, 7) is 3.08. The number of hydrogen-bond acceptors (Lipinski definition) is 6. The van der Waals surface area contributed by atoms with E-state index in [9.17, 15) is 29.8 Å². The number of amides is 2. The lowest BCUT2D eigenvalue weighted by atomic mass is 10.1. The Morgan fingerprint density at radius 2 is 1.29 bits per heavy atom. The Morgan fingerprint density at radius 1 is 0.839 bits per heavy atom. The minimum absolute atomic E-state index is 0.0232. The molecular weight excluding hydrogens is 404 g/mol. The molecule has 0 aliphatic carbocycles. The molecule has 1 fully saturated rings. The number of non-ortho nitro benzene ring substituents is 2. The highest BCUT2D eigenvalue weighted by Gasteiger charge is 2.29. The highest BCUT2D eigenvalue weighted by atomic mass is 16.6. The van der Waals surface area contributed by atoms with Crippen molar-refractivity contribution >= 4 is 23.2 Å². The van der Waals surface area contributed by atoms with E-state index in [1.807, 2.05) is 6.92 Å². The highest BCUT2D eigenvalue weighted by Crippen LogP contribution is 2.17. The molecule has 3 rings (SSSR count). The number of piperazine rings is 1. The Labute approximate surface area is 178 Å². The highest BCUT2D eigenvalue weighted by molar-refractivity contribution is 5.81. The van der Waals surface area contributed by atoms with Crippen LogP contribution in [0.15, 0.2) is 48.5 Å². The van der Waals surface area contributed by atoms with Gasteiger partial charge in [-0.2, -0.15) is 0 Å². The second-order valence-electron chi connectivity index (χ2n) is 7.48. The standard InChI is InChI=1S/C21H22N4O6/c1-15-14-22(20(26)12-16-2-6-18(7-3-16)24(28)29)10-11-23(15)21(27)13-17-4-8-19(9-5-17)25(30)31/h2-9,15H,10-14H2,1H3/t15-/m0/s1. The summed E-state index contributed by atoms with van der Waals surface area (Å²) in [5.41, 5.74) is 1.34. The SMILES string of the molecule is C[C@H]1CN(C(=O)Cc2ccc([N+](=O)[O-])cc2)CCN1C(=O)Cc1ccc([N+](=O)[O-])cc1. The number of nitro benzene ring substituents is 2. The molecule has 1 aliphatic heterocycles. The quantitative estimate of drug-likeness (QED) is 0.515. The molecule has 1 atom stereocenters. The van der Waals surface area contributed by atoms with E-state index in [0.29, 0.717) is 30.8 Å². The van der Waals surface area contributed by atoms with E-state index in [4.69, 9.17) is 0 Å². The summed E-state index contributed by atoms with van der Waals surface area (Å²) in [7, 11) is 0. The number of benzene rings is 2. The second-order valence-corrected chi connectivity index (χ2v) is 7.48. The van der Waals surface area contributed by atoms with E-state index in [1.54, 1.807) is 34.1 Å². The summed E-state index contributed by atoms with van der Waals surface area (Å²) in [6, 6.07) is 11.6. The first-order chi connectivity index (χ1) is 14.7. The number of hydrogen-bond donors (Lipinski definition) is 0. The molecule has 1 heterocycles. The lowest BCUT2D eigenvalue weighted by Crippen LogP contribution is -2.56. The van der Waals surface area contributed by atoms with Crippen LogP contribution >= 0.6 is 0 Å². The largest absolute Gasteiger partial charge is 0.339 e. The fraction of sp³-hybridized carbons (Fsp3) is 0.333. The number of carbonyl (C=O) groups is 2. The van der Waals surface area contributed by atoms with E-state index < -0.39 is 9.85 Å². The fourth-order valence-electron chi connectivity index (χ4n) is 3.59. The summed E-state index contributed by atoms with van der Waals surface area (Å²) in [4.78, 5) is 49.2. The minimum Gasteiger partial charge on any atom is -0.339 e. The maximum Gasteiger partial charge on any atom is 0.269 e. The van der Waals surface area contributed by atoms with Crippen molar-refractivity contribution in [1.29, 1.82) is 0 Å². The Kier molecular flexibility index (Phi) is 6.58. The summed E-state index contributed by atoms with van der Waals surface area (Å²) in [6.07, 6.45) is 0.278. The zero-order valence-corrected chi connectivity index (χ0v) is 17.0. The first-order valence-electron chi connectivity index (χ1n) is 9.78. The van der Waals surface area contributed by atoms with Crippen molar-refractivity contribution in [2.45, 2.75) is 25.8 Å². The van der Waals surface area contributed by atoms with Crippen LogP contribution in [0.2, 0.25) is 0 Å². The van der Waals surface area contributed by atoms with Crippen LogP contribution in [0.4, 0.5) is 11.4 Å². The summed E-state index contributed by atoms with van der Waals surface area (Å²) < 4.78 is 0. The van der Waals surface area contributed by atoms with Crippen LogP contribution in [0, 0.1) is 20.2 Å². The predicted octanol–water partition coefficient (Wildman–Crippen LogP) is 2.35. The summed E-state index contributed by atoms with van der Waals surface area (Å²) >= 11 is 0. The van der Waals surface area contributed by atoms with Gasteiger partial charge in [-0.3, -0.25) is 29.8 Å². The minimum atomic E-state index is -0.486. The van der Waals surface area contributed by atoms with Gasteiger partial charge in [-0.1, -0.05) is 24.3 Å². The molecule has 31 heavy (non-hydrogen) atoms. The number of carbonyl (C=O) groups excluding carboxylic acids is 2. The second kappa shape index (κ2) is 9.33. The molecule has 2 aromatic rings. The Hall–Kier alpha value is -3.82. The molecule has 10 nitrogen and oxygen atoms in total. The van der Waals surface area contributed by atoms with Crippen molar-refractivity contribution in [3.63, 3.8) is 0 Å². The maximum atomic E-state index is 12.7. The van der Waals surface area contributed by atoms with Gasteiger partial charge in [0.1, 0.15) is 0 Å². The zero-order chi connectivity index (χ0) is 22.5. The number of rotatable bonds is 6. The molecule has 1 saturated heterocycles. The van der Waals surface area contributed by atoms with Gasteiger partial charge < -0.3 is 9.80 Å². The first-order valence-corrected chi connectivity index (χ1v) is 9.78. The van der Waals surface area contributed by atoms with Gasteiger partial charge in [-0.15, -0.1) is 0 Å². The fourth-order valence-corrected chi connectivity index (χ4v) is 3.59. The molecule has 0 bridgehead atoms. The molecule has 0 aromatic heterocycles. The average Bonchev–Trinajstić information content (AvgIpc) is 2.74. The number of nitro groups is 2. The van der Waals surface area contributed by atoms with Gasteiger partial charge in [0.2, 0.25) is 11.8 Å². The van der Waals surface area contributed by atoms with E-state index in [0.717, 1.165) is 0 Å². The van der Waals surface area contributed by atoms with E-state index >= 15 is 0 Å². The Bertz CT molecular complexity index is 990. The molecule has 10 heteroatoms. The molecule has 2 amide bonds. The van der Waals surface area contributed by atoms with Gasteiger partial charge >= 0.3 is 0 Å². The smallest absolute Gasteiger partial charge is 0.269 e. The molecule has 0 unspecified atom stereocenters. The van der Waals surface area contributed by atoms with Crippen LogP contribution in [0.3, 0.4) is 0 Å². The van der Waals surface area contributed by atoms with Gasteiger partial charge in [0.25, 0.3) is 11.4 Å². The Morgan fingerprint density at radius 3 is 1.71 bits per heavy atom. The van der Waals surface area contributed by atoms with Crippen molar-refractivity contribution < 1.29 is 19.4 Å². The van der Waals surface area contributed by atoms with Crippen LogP contribution in [0.1, 0.15) is 18.1 Å². The monoisotopic (exact) mass is 426 g/mol. The maximum absolute atomic E-state index is 12.7. The van der Waals surface area contributed by atoms with E-state index in [1.165, 1.54) is 24.3 Å². The van der Waals surface area contributed by atoms with Gasteiger partial charge in [-0.05, 0) is 18.1 Å². The van der Waals surface area contributed by atoms with E-state index in [-0.39, 0.29) is 42.1 Å². The van der Waals surface area contributed by atoms with Crippen molar-refractivity contribution in [3.8, 4) is 0 Å².